The first-order chi connectivity index (χ1) is 10.2. The molecule has 0 spiro atoms. The fourth-order valence-electron chi connectivity index (χ4n) is 2.04. The Labute approximate surface area is 122 Å². The van der Waals surface area contributed by atoms with Crippen LogP contribution in [-0.4, -0.2) is 42.5 Å². The molecule has 0 aromatic heterocycles. The molecule has 7 heteroatoms. The molecule has 0 atom stereocenters. The summed E-state index contributed by atoms with van der Waals surface area (Å²) in [5, 5.41) is 20.5. The van der Waals surface area contributed by atoms with Gasteiger partial charge >= 0.3 is 6.09 Å². The molecule has 0 fully saturated rings. The number of fused-ring (bicyclic) bond motifs is 1. The minimum atomic E-state index is -0.965. The zero-order chi connectivity index (χ0) is 15.1. The Bertz CT molecular complexity index is 542. The number of carbonyl (C=O) groups is 1. The summed E-state index contributed by atoms with van der Waals surface area (Å²) < 4.78 is 10.5. The van der Waals surface area contributed by atoms with Crippen LogP contribution in [0.5, 0.6) is 11.5 Å². The Hall–Kier alpha value is -2.46. The number of nitrogens with zero attached hydrogens (tertiary/aromatic N) is 2. The lowest BCUT2D eigenvalue weighted by Gasteiger charge is -2.19. The molecule has 1 aromatic rings. The van der Waals surface area contributed by atoms with Crippen molar-refractivity contribution in [3.05, 3.63) is 23.8 Å². The number of nitrogens with one attached hydrogen (secondary N) is 1. The predicted molar refractivity (Wildman–Crippen MR) is 74.1 cm³/mol. The normalized spacial score (nSPS) is 12.0. The number of amides is 1. The van der Waals surface area contributed by atoms with E-state index in [0.29, 0.717) is 37.6 Å². The molecule has 0 unspecified atom stereocenters. The summed E-state index contributed by atoms with van der Waals surface area (Å²) in [6.07, 6.45) is -0.314. The van der Waals surface area contributed by atoms with Crippen LogP contribution in [0.3, 0.4) is 0 Å². The van der Waals surface area contributed by atoms with Crippen molar-refractivity contribution in [3.8, 4) is 17.6 Å². The molecule has 0 saturated carbocycles. The molecule has 1 amide bonds. The van der Waals surface area contributed by atoms with Crippen LogP contribution in [0.15, 0.2) is 18.2 Å². The summed E-state index contributed by atoms with van der Waals surface area (Å²) in [7, 11) is 0. The van der Waals surface area contributed by atoms with Gasteiger partial charge < -0.3 is 24.8 Å². The van der Waals surface area contributed by atoms with E-state index >= 15 is 0 Å². The van der Waals surface area contributed by atoms with Gasteiger partial charge in [0.15, 0.2) is 11.5 Å². The molecule has 0 radical (unpaired) electrons. The molecular formula is C14H17N3O4. The lowest BCUT2D eigenvalue weighted by molar-refractivity contribution is 0.141. The summed E-state index contributed by atoms with van der Waals surface area (Å²) in [5.41, 5.74) is 0.853. The van der Waals surface area contributed by atoms with E-state index in [1.54, 1.807) is 12.1 Å². The van der Waals surface area contributed by atoms with Crippen LogP contribution in [0, 0.1) is 11.3 Å². The Kier molecular flexibility index (Phi) is 5.23. The maximum absolute atomic E-state index is 11.3. The van der Waals surface area contributed by atoms with Gasteiger partial charge in [0.25, 0.3) is 0 Å². The summed E-state index contributed by atoms with van der Waals surface area (Å²) in [5.74, 6) is 1.33. The van der Waals surface area contributed by atoms with E-state index in [1.165, 1.54) is 4.90 Å². The second kappa shape index (κ2) is 7.36. The van der Waals surface area contributed by atoms with Crippen LogP contribution in [0.25, 0.3) is 0 Å². The maximum atomic E-state index is 11.3. The highest BCUT2D eigenvalue weighted by Crippen LogP contribution is 2.32. The molecular weight excluding hydrogens is 274 g/mol. The number of carboxylic acid groups (broad SMARTS) is 1. The van der Waals surface area contributed by atoms with Gasteiger partial charge in [-0.3, -0.25) is 0 Å². The SMILES string of the molecule is N#CCNCCCN(Cc1ccc2c(c1)OCO2)C(=O)O. The van der Waals surface area contributed by atoms with Crippen molar-refractivity contribution < 1.29 is 19.4 Å². The number of hydrogen-bond donors (Lipinski definition) is 2. The average molecular weight is 291 g/mol. The lowest BCUT2D eigenvalue weighted by atomic mass is 10.2. The van der Waals surface area contributed by atoms with Crippen molar-refractivity contribution in [2.24, 2.45) is 0 Å². The van der Waals surface area contributed by atoms with E-state index in [2.05, 4.69) is 5.32 Å². The Morgan fingerprint density at radius 1 is 1.43 bits per heavy atom. The number of rotatable bonds is 7. The van der Waals surface area contributed by atoms with Gasteiger partial charge in [-0.2, -0.15) is 5.26 Å². The lowest BCUT2D eigenvalue weighted by Crippen LogP contribution is -2.31. The van der Waals surface area contributed by atoms with Crippen LogP contribution < -0.4 is 14.8 Å². The maximum Gasteiger partial charge on any atom is 0.407 e. The molecule has 1 heterocycles. The van der Waals surface area contributed by atoms with Crippen LogP contribution >= 0.6 is 0 Å². The van der Waals surface area contributed by atoms with E-state index in [4.69, 9.17) is 14.7 Å². The third-order valence-corrected chi connectivity index (χ3v) is 3.07. The number of nitriles is 1. The van der Waals surface area contributed by atoms with Crippen molar-refractivity contribution in [2.75, 3.05) is 26.4 Å². The largest absolute Gasteiger partial charge is 0.465 e. The van der Waals surface area contributed by atoms with Crippen molar-refractivity contribution in [3.63, 3.8) is 0 Å². The molecule has 1 aliphatic heterocycles. The topological polar surface area (TPSA) is 94.8 Å². The van der Waals surface area contributed by atoms with Gasteiger partial charge in [0.05, 0.1) is 12.6 Å². The van der Waals surface area contributed by atoms with E-state index in [0.717, 1.165) is 5.56 Å². The fraction of sp³-hybridized carbons (Fsp3) is 0.429. The molecule has 21 heavy (non-hydrogen) atoms. The molecule has 0 aliphatic carbocycles. The highest BCUT2D eigenvalue weighted by Gasteiger charge is 2.16. The van der Waals surface area contributed by atoms with E-state index < -0.39 is 6.09 Å². The highest BCUT2D eigenvalue weighted by atomic mass is 16.7. The zero-order valence-corrected chi connectivity index (χ0v) is 11.5. The first-order valence-electron chi connectivity index (χ1n) is 6.65. The fourth-order valence-corrected chi connectivity index (χ4v) is 2.04. The minimum Gasteiger partial charge on any atom is -0.465 e. The summed E-state index contributed by atoms with van der Waals surface area (Å²) in [4.78, 5) is 12.6. The smallest absolute Gasteiger partial charge is 0.407 e. The van der Waals surface area contributed by atoms with Crippen LogP contribution in [0.2, 0.25) is 0 Å². The van der Waals surface area contributed by atoms with Crippen molar-refractivity contribution >= 4 is 6.09 Å². The van der Waals surface area contributed by atoms with Crippen molar-refractivity contribution in [2.45, 2.75) is 13.0 Å². The van der Waals surface area contributed by atoms with E-state index in [-0.39, 0.29) is 13.3 Å². The molecule has 2 rings (SSSR count). The predicted octanol–water partition coefficient (Wildman–Crippen LogP) is 1.40. The van der Waals surface area contributed by atoms with Crippen molar-refractivity contribution in [1.29, 1.82) is 5.26 Å². The van der Waals surface area contributed by atoms with E-state index in [9.17, 15) is 9.90 Å². The first kappa shape index (κ1) is 14.9. The molecule has 0 bridgehead atoms. The monoisotopic (exact) mass is 291 g/mol. The number of hydrogen-bond acceptors (Lipinski definition) is 5. The van der Waals surface area contributed by atoms with Crippen molar-refractivity contribution in [1.82, 2.24) is 10.2 Å². The van der Waals surface area contributed by atoms with Gasteiger partial charge in [-0.05, 0) is 30.7 Å². The minimum absolute atomic E-state index is 0.200. The average Bonchev–Trinajstić information content (AvgIpc) is 2.93. The Balaban J connectivity index is 1.87. The van der Waals surface area contributed by atoms with Crippen LogP contribution in [-0.2, 0) is 6.54 Å². The Morgan fingerprint density at radius 3 is 3.00 bits per heavy atom. The standard InChI is InChI=1S/C14H17N3O4/c15-4-6-16-5-1-7-17(14(18)19)9-11-2-3-12-13(8-11)21-10-20-12/h2-3,8,16H,1,5-7,9-10H2,(H,18,19). The van der Waals surface area contributed by atoms with Gasteiger partial charge in [-0.1, -0.05) is 6.07 Å². The molecule has 112 valence electrons. The summed E-state index contributed by atoms with van der Waals surface area (Å²) >= 11 is 0. The third-order valence-electron chi connectivity index (χ3n) is 3.07. The van der Waals surface area contributed by atoms with E-state index in [1.807, 2.05) is 12.1 Å². The quantitative estimate of drug-likeness (QED) is 0.582. The third kappa shape index (κ3) is 4.26. The summed E-state index contributed by atoms with van der Waals surface area (Å²) in [6, 6.07) is 7.39. The molecule has 7 nitrogen and oxygen atoms in total. The highest BCUT2D eigenvalue weighted by molar-refractivity contribution is 5.65. The summed E-state index contributed by atoms with van der Waals surface area (Å²) in [6.45, 7) is 1.78. The molecule has 0 saturated heterocycles. The first-order valence-corrected chi connectivity index (χ1v) is 6.65. The van der Waals surface area contributed by atoms with Crippen LogP contribution in [0.4, 0.5) is 4.79 Å². The second-order valence-electron chi connectivity index (χ2n) is 4.58. The van der Waals surface area contributed by atoms with Gasteiger partial charge in [0.2, 0.25) is 6.79 Å². The molecule has 1 aromatic carbocycles. The molecule has 1 aliphatic rings. The van der Waals surface area contributed by atoms with Gasteiger partial charge in [0.1, 0.15) is 0 Å². The molecule has 2 N–H and O–H groups in total. The zero-order valence-electron chi connectivity index (χ0n) is 11.5. The Morgan fingerprint density at radius 2 is 2.24 bits per heavy atom. The van der Waals surface area contributed by atoms with Gasteiger partial charge in [-0.15, -0.1) is 0 Å². The van der Waals surface area contributed by atoms with Crippen LogP contribution in [0.1, 0.15) is 12.0 Å². The van der Waals surface area contributed by atoms with Gasteiger partial charge in [-0.25, -0.2) is 4.79 Å². The number of benzene rings is 1. The second-order valence-corrected chi connectivity index (χ2v) is 4.58. The number of ether oxygens (including phenoxy) is 2. The van der Waals surface area contributed by atoms with Gasteiger partial charge in [0, 0.05) is 13.1 Å².